The number of carbonyl (C=O) groups excluding carboxylic acids is 1. The minimum Gasteiger partial charge on any atom is -0.500 e. The van der Waals surface area contributed by atoms with Crippen molar-refractivity contribution in [2.45, 2.75) is 0 Å². The zero-order valence-electron chi connectivity index (χ0n) is 16.3. The summed E-state index contributed by atoms with van der Waals surface area (Å²) >= 11 is 1.16. The number of methoxy groups -OCH3 is 2. The van der Waals surface area contributed by atoms with Crippen molar-refractivity contribution < 1.29 is 24.3 Å². The number of rotatable bonds is 7. The lowest BCUT2D eigenvalue weighted by Gasteiger charge is -2.14. The predicted octanol–water partition coefficient (Wildman–Crippen LogP) is 3.56. The summed E-state index contributed by atoms with van der Waals surface area (Å²) in [7, 11) is 2.84. The summed E-state index contributed by atoms with van der Waals surface area (Å²) in [6.07, 6.45) is 1.51. The van der Waals surface area contributed by atoms with Gasteiger partial charge in [-0.2, -0.15) is 0 Å². The van der Waals surface area contributed by atoms with Gasteiger partial charge in [0.25, 0.3) is 5.91 Å². The number of amidine groups is 1. The third-order valence-electron chi connectivity index (χ3n) is 4.18. The van der Waals surface area contributed by atoms with E-state index in [1.54, 1.807) is 7.11 Å². The number of benzene rings is 2. The number of nitro groups is 1. The van der Waals surface area contributed by atoms with Crippen LogP contribution in [0.3, 0.4) is 0 Å². The number of phenolic OH excluding ortho intramolecular Hbond substituents is 1. The average molecular weight is 429 g/mol. The number of ether oxygens (including phenoxy) is 2. The van der Waals surface area contributed by atoms with Crippen molar-refractivity contribution in [1.82, 2.24) is 4.90 Å². The lowest BCUT2D eigenvalue weighted by molar-refractivity contribution is -0.386. The van der Waals surface area contributed by atoms with Crippen LogP contribution in [0.4, 0.5) is 11.4 Å². The second-order valence-electron chi connectivity index (χ2n) is 6.14. The first-order chi connectivity index (χ1) is 14.4. The molecule has 0 bridgehead atoms. The molecule has 0 spiro atoms. The molecule has 0 aromatic heterocycles. The molecule has 3 rings (SSSR count). The normalized spacial score (nSPS) is 16.5. The Labute approximate surface area is 176 Å². The summed E-state index contributed by atoms with van der Waals surface area (Å²) in [4.78, 5) is 29.8. The molecule has 30 heavy (non-hydrogen) atoms. The summed E-state index contributed by atoms with van der Waals surface area (Å²) < 4.78 is 10.1. The van der Waals surface area contributed by atoms with Gasteiger partial charge in [0.05, 0.1) is 35.8 Å². The van der Waals surface area contributed by atoms with Gasteiger partial charge in [0.1, 0.15) is 0 Å². The van der Waals surface area contributed by atoms with Crippen LogP contribution in [-0.4, -0.2) is 53.4 Å². The smallest absolute Gasteiger partial charge is 0.315 e. The van der Waals surface area contributed by atoms with Crippen molar-refractivity contribution in [3.63, 3.8) is 0 Å². The first kappa shape index (κ1) is 21.3. The Kier molecular flexibility index (Phi) is 6.70. The number of thioether (sulfide) groups is 1. The molecule has 1 N–H and O–H groups in total. The molecular weight excluding hydrogens is 410 g/mol. The molecule has 0 aliphatic carbocycles. The summed E-state index contributed by atoms with van der Waals surface area (Å²) in [5.74, 6) is -0.912. The van der Waals surface area contributed by atoms with E-state index in [1.165, 1.54) is 30.2 Å². The maximum Gasteiger partial charge on any atom is 0.315 e. The molecule has 1 heterocycles. The van der Waals surface area contributed by atoms with Crippen LogP contribution in [-0.2, 0) is 9.53 Å². The topological polar surface area (TPSA) is 114 Å². The van der Waals surface area contributed by atoms with Crippen LogP contribution in [0, 0.1) is 10.1 Å². The second-order valence-corrected chi connectivity index (χ2v) is 7.15. The van der Waals surface area contributed by atoms with Crippen LogP contribution >= 0.6 is 11.8 Å². The van der Waals surface area contributed by atoms with E-state index < -0.39 is 16.4 Å². The fourth-order valence-electron chi connectivity index (χ4n) is 2.73. The highest BCUT2D eigenvalue weighted by molar-refractivity contribution is 8.18. The number of hydrogen-bond acceptors (Lipinski definition) is 8. The van der Waals surface area contributed by atoms with E-state index in [9.17, 15) is 20.0 Å². The number of phenols is 1. The number of hydrogen-bond donors (Lipinski definition) is 1. The molecule has 1 aliphatic heterocycles. The molecule has 10 heteroatoms. The second kappa shape index (κ2) is 9.42. The molecule has 1 saturated heterocycles. The molecule has 2 aromatic carbocycles. The lowest BCUT2D eigenvalue weighted by Crippen LogP contribution is -2.32. The molecule has 0 unspecified atom stereocenters. The van der Waals surface area contributed by atoms with Gasteiger partial charge in [-0.05, 0) is 41.6 Å². The summed E-state index contributed by atoms with van der Waals surface area (Å²) in [5.41, 5.74) is 0.532. The Morgan fingerprint density at radius 2 is 2.00 bits per heavy atom. The largest absolute Gasteiger partial charge is 0.500 e. The standard InChI is InChI=1S/C20H19N3O6S/c1-28-9-8-22-19(25)17(30-20(22)21-14-6-4-3-5-7-14)12-13-10-15(23(26)27)18(24)16(11-13)29-2/h3-7,10-12,24H,8-9H2,1-2H3/b17-12-,21-20?. The van der Waals surface area contributed by atoms with Crippen molar-refractivity contribution in [2.75, 3.05) is 27.4 Å². The zero-order chi connectivity index (χ0) is 21.7. The van der Waals surface area contributed by atoms with Crippen LogP contribution in [0.15, 0.2) is 52.4 Å². The Morgan fingerprint density at radius 3 is 2.63 bits per heavy atom. The minimum absolute atomic E-state index is 0.0547. The third kappa shape index (κ3) is 4.61. The number of aliphatic imine (C=N–C) groups is 1. The highest BCUT2D eigenvalue weighted by atomic mass is 32.2. The highest BCUT2D eigenvalue weighted by Crippen LogP contribution is 2.39. The number of carbonyl (C=O) groups is 1. The third-order valence-corrected chi connectivity index (χ3v) is 5.19. The van der Waals surface area contributed by atoms with E-state index in [-0.39, 0.29) is 11.7 Å². The molecule has 156 valence electrons. The van der Waals surface area contributed by atoms with Gasteiger partial charge in [-0.25, -0.2) is 4.99 Å². The van der Waals surface area contributed by atoms with Crippen molar-refractivity contribution in [3.05, 3.63) is 63.0 Å². The van der Waals surface area contributed by atoms with E-state index in [0.29, 0.717) is 34.5 Å². The van der Waals surface area contributed by atoms with E-state index >= 15 is 0 Å². The van der Waals surface area contributed by atoms with Crippen molar-refractivity contribution in [2.24, 2.45) is 4.99 Å². The van der Waals surface area contributed by atoms with E-state index in [2.05, 4.69) is 4.99 Å². The Balaban J connectivity index is 2.01. The molecular formula is C20H19N3O6S. The number of nitro benzene ring substituents is 1. The predicted molar refractivity (Wildman–Crippen MR) is 114 cm³/mol. The SMILES string of the molecule is COCCN1C(=O)/C(=C/c2cc(OC)c(O)c([N+](=O)[O-])c2)SC1=Nc1ccccc1. The highest BCUT2D eigenvalue weighted by Gasteiger charge is 2.33. The first-order valence-corrected chi connectivity index (χ1v) is 9.65. The number of nitrogens with zero attached hydrogens (tertiary/aromatic N) is 3. The van der Waals surface area contributed by atoms with Gasteiger partial charge >= 0.3 is 5.69 Å². The van der Waals surface area contributed by atoms with Crippen molar-refractivity contribution in [1.29, 1.82) is 0 Å². The number of aromatic hydroxyl groups is 1. The molecule has 0 atom stereocenters. The summed E-state index contributed by atoms with van der Waals surface area (Å²) in [6.45, 7) is 0.635. The van der Waals surface area contributed by atoms with Crippen molar-refractivity contribution >= 4 is 40.3 Å². The molecule has 1 amide bonds. The Hall–Kier alpha value is -3.37. The van der Waals surface area contributed by atoms with Gasteiger partial charge in [-0.15, -0.1) is 0 Å². The average Bonchev–Trinajstić information content (AvgIpc) is 3.02. The summed E-state index contributed by atoms with van der Waals surface area (Å²) in [6, 6.07) is 11.8. The van der Waals surface area contributed by atoms with Crippen LogP contribution in [0.25, 0.3) is 6.08 Å². The van der Waals surface area contributed by atoms with Gasteiger partial charge in [0.2, 0.25) is 5.75 Å². The molecule has 0 saturated carbocycles. The first-order valence-electron chi connectivity index (χ1n) is 8.84. The van der Waals surface area contributed by atoms with E-state index in [1.807, 2.05) is 30.3 Å². The lowest BCUT2D eigenvalue weighted by atomic mass is 10.1. The maximum atomic E-state index is 12.9. The van der Waals surface area contributed by atoms with Gasteiger partial charge in [-0.1, -0.05) is 18.2 Å². The van der Waals surface area contributed by atoms with E-state index in [0.717, 1.165) is 11.8 Å². The fourth-order valence-corrected chi connectivity index (χ4v) is 3.75. The van der Waals surface area contributed by atoms with Gasteiger partial charge in [-0.3, -0.25) is 19.8 Å². The van der Waals surface area contributed by atoms with Gasteiger partial charge in [0.15, 0.2) is 10.9 Å². The zero-order valence-corrected chi connectivity index (χ0v) is 17.1. The quantitative estimate of drug-likeness (QED) is 0.406. The van der Waals surface area contributed by atoms with Crippen LogP contribution in [0.5, 0.6) is 11.5 Å². The molecule has 1 fully saturated rings. The van der Waals surface area contributed by atoms with Gasteiger partial charge in [0, 0.05) is 13.2 Å². The molecule has 9 nitrogen and oxygen atoms in total. The monoisotopic (exact) mass is 429 g/mol. The van der Waals surface area contributed by atoms with Crippen LogP contribution in [0.1, 0.15) is 5.56 Å². The van der Waals surface area contributed by atoms with E-state index in [4.69, 9.17) is 9.47 Å². The maximum absolute atomic E-state index is 12.9. The van der Waals surface area contributed by atoms with Gasteiger partial charge < -0.3 is 14.6 Å². The summed E-state index contributed by atoms with van der Waals surface area (Å²) in [5, 5.41) is 21.6. The van der Waals surface area contributed by atoms with Crippen molar-refractivity contribution in [3.8, 4) is 11.5 Å². The molecule has 1 aliphatic rings. The molecule has 0 radical (unpaired) electrons. The number of para-hydroxylation sites is 1. The fraction of sp³-hybridized carbons (Fsp3) is 0.200. The minimum atomic E-state index is -0.712. The molecule has 2 aromatic rings. The van der Waals surface area contributed by atoms with Crippen LogP contribution in [0.2, 0.25) is 0 Å². The number of amides is 1. The van der Waals surface area contributed by atoms with Crippen LogP contribution < -0.4 is 4.74 Å². The Morgan fingerprint density at radius 1 is 1.27 bits per heavy atom. The Bertz CT molecular complexity index is 1020.